The first-order valence-electron chi connectivity index (χ1n) is 11.0. The van der Waals surface area contributed by atoms with Crippen LogP contribution in [0.3, 0.4) is 0 Å². The highest BCUT2D eigenvalue weighted by Crippen LogP contribution is 2.27. The minimum atomic E-state index is 0.0738. The fourth-order valence-corrected chi connectivity index (χ4v) is 4.19. The van der Waals surface area contributed by atoms with Crippen LogP contribution in [0.25, 0.3) is 0 Å². The Morgan fingerprint density at radius 1 is 1.27 bits per heavy atom. The Bertz CT molecular complexity index is 831. The molecule has 1 aromatic heterocycles. The van der Waals surface area contributed by atoms with Crippen LogP contribution in [0.5, 0.6) is 0 Å². The smallest absolute Gasteiger partial charge is 0.253 e. The summed E-state index contributed by atoms with van der Waals surface area (Å²) in [6, 6.07) is 7.75. The van der Waals surface area contributed by atoms with E-state index in [1.807, 2.05) is 36.1 Å². The number of ether oxygens (including phenoxy) is 2. The van der Waals surface area contributed by atoms with Gasteiger partial charge in [-0.15, -0.1) is 0 Å². The highest BCUT2D eigenvalue weighted by molar-refractivity contribution is 5.94. The Balaban J connectivity index is 1.27. The van der Waals surface area contributed by atoms with Gasteiger partial charge in [0.2, 0.25) is 5.89 Å². The summed E-state index contributed by atoms with van der Waals surface area (Å²) in [7, 11) is 0. The van der Waals surface area contributed by atoms with Crippen molar-refractivity contribution in [3.8, 4) is 0 Å². The van der Waals surface area contributed by atoms with Gasteiger partial charge in [0.25, 0.3) is 5.91 Å². The molecule has 0 radical (unpaired) electrons. The molecular formula is C23H31N3O4. The minimum absolute atomic E-state index is 0.0738. The largest absolute Gasteiger partial charge is 0.381 e. The summed E-state index contributed by atoms with van der Waals surface area (Å²) in [6.45, 7) is 6.44. The molecule has 0 spiro atoms. The van der Waals surface area contributed by atoms with E-state index in [2.05, 4.69) is 10.1 Å². The summed E-state index contributed by atoms with van der Waals surface area (Å²) < 4.78 is 16.7. The molecule has 0 saturated carbocycles. The van der Waals surface area contributed by atoms with Gasteiger partial charge in [0.1, 0.15) is 0 Å². The van der Waals surface area contributed by atoms with Crippen LogP contribution >= 0.6 is 0 Å². The Morgan fingerprint density at radius 3 is 2.97 bits per heavy atom. The van der Waals surface area contributed by atoms with E-state index < -0.39 is 0 Å². The van der Waals surface area contributed by atoms with E-state index in [1.54, 1.807) is 0 Å². The molecule has 2 aliphatic rings. The average Bonchev–Trinajstić information content (AvgIpc) is 3.26. The lowest BCUT2D eigenvalue weighted by Crippen LogP contribution is -2.39. The molecule has 0 N–H and O–H groups in total. The van der Waals surface area contributed by atoms with E-state index in [0.717, 1.165) is 63.2 Å². The van der Waals surface area contributed by atoms with Gasteiger partial charge in [-0.05, 0) is 50.7 Å². The number of amides is 1. The second-order valence-corrected chi connectivity index (χ2v) is 8.39. The summed E-state index contributed by atoms with van der Waals surface area (Å²) in [5.41, 5.74) is 1.83. The first kappa shape index (κ1) is 21.0. The van der Waals surface area contributed by atoms with E-state index in [-0.39, 0.29) is 11.8 Å². The van der Waals surface area contributed by atoms with E-state index >= 15 is 0 Å². The van der Waals surface area contributed by atoms with Crippen LogP contribution in [-0.2, 0) is 15.9 Å². The highest BCUT2D eigenvalue weighted by Gasteiger charge is 2.29. The lowest BCUT2D eigenvalue weighted by atomic mass is 9.97. The fraction of sp³-hybridized carbons (Fsp3) is 0.609. The molecule has 2 aromatic rings. The summed E-state index contributed by atoms with van der Waals surface area (Å²) >= 11 is 0. The molecule has 162 valence electrons. The first-order chi connectivity index (χ1) is 14.7. The fourth-order valence-electron chi connectivity index (χ4n) is 4.19. The van der Waals surface area contributed by atoms with E-state index in [9.17, 15) is 4.79 Å². The number of rotatable bonds is 7. The molecule has 0 bridgehead atoms. The molecule has 1 aromatic carbocycles. The van der Waals surface area contributed by atoms with Crippen molar-refractivity contribution >= 4 is 5.91 Å². The van der Waals surface area contributed by atoms with Gasteiger partial charge in [0.05, 0.1) is 12.5 Å². The molecule has 1 unspecified atom stereocenters. The van der Waals surface area contributed by atoms with Gasteiger partial charge in [-0.1, -0.05) is 22.9 Å². The molecule has 1 amide bonds. The summed E-state index contributed by atoms with van der Waals surface area (Å²) in [5, 5.41) is 4.13. The second kappa shape index (κ2) is 10.2. The van der Waals surface area contributed by atoms with E-state index in [0.29, 0.717) is 37.2 Å². The first-order valence-corrected chi connectivity index (χ1v) is 11.0. The Hall–Kier alpha value is -2.25. The Morgan fingerprint density at radius 2 is 2.13 bits per heavy atom. The van der Waals surface area contributed by atoms with Gasteiger partial charge in [-0.3, -0.25) is 4.79 Å². The van der Waals surface area contributed by atoms with Gasteiger partial charge in [-0.2, -0.15) is 4.98 Å². The van der Waals surface area contributed by atoms with Gasteiger partial charge >= 0.3 is 0 Å². The number of nitrogens with zero attached hydrogens (tertiary/aromatic N) is 3. The number of benzene rings is 1. The lowest BCUT2D eigenvalue weighted by Gasteiger charge is -2.31. The molecular weight excluding hydrogens is 382 g/mol. The van der Waals surface area contributed by atoms with Crippen molar-refractivity contribution in [1.29, 1.82) is 0 Å². The van der Waals surface area contributed by atoms with Crippen molar-refractivity contribution in [2.24, 2.45) is 5.92 Å². The molecule has 0 aliphatic carbocycles. The van der Waals surface area contributed by atoms with Crippen LogP contribution in [0.15, 0.2) is 28.8 Å². The molecule has 2 fully saturated rings. The van der Waals surface area contributed by atoms with E-state index in [1.165, 1.54) is 0 Å². The molecule has 2 saturated heterocycles. The zero-order valence-electron chi connectivity index (χ0n) is 17.7. The molecule has 3 heterocycles. The number of carbonyl (C=O) groups excluding carboxylic acids is 1. The van der Waals surface area contributed by atoms with Crippen LogP contribution in [0, 0.1) is 12.8 Å². The van der Waals surface area contributed by atoms with Crippen LogP contribution in [-0.4, -0.2) is 60.5 Å². The molecule has 4 rings (SSSR count). The number of aromatic nitrogens is 2. The second-order valence-electron chi connectivity index (χ2n) is 8.39. The number of likely N-dealkylation sites (tertiary alicyclic amines) is 1. The number of carbonyl (C=O) groups is 1. The van der Waals surface area contributed by atoms with Crippen molar-refractivity contribution in [3.05, 3.63) is 47.1 Å². The van der Waals surface area contributed by atoms with Crippen molar-refractivity contribution in [2.45, 2.75) is 44.9 Å². The topological polar surface area (TPSA) is 77.7 Å². The van der Waals surface area contributed by atoms with Gasteiger partial charge < -0.3 is 18.9 Å². The van der Waals surface area contributed by atoms with Crippen molar-refractivity contribution in [3.63, 3.8) is 0 Å². The zero-order valence-corrected chi connectivity index (χ0v) is 17.7. The van der Waals surface area contributed by atoms with Crippen molar-refractivity contribution < 1.29 is 18.8 Å². The number of piperidine rings is 1. The maximum Gasteiger partial charge on any atom is 0.253 e. The summed E-state index contributed by atoms with van der Waals surface area (Å²) in [5.74, 6) is 2.08. The monoisotopic (exact) mass is 413 g/mol. The Labute approximate surface area is 177 Å². The van der Waals surface area contributed by atoms with Gasteiger partial charge in [0.15, 0.2) is 5.82 Å². The molecule has 2 aliphatic heterocycles. The third-order valence-corrected chi connectivity index (χ3v) is 5.97. The number of aryl methyl sites for hydroxylation is 1. The number of hydrogen-bond acceptors (Lipinski definition) is 6. The van der Waals surface area contributed by atoms with Crippen LogP contribution in [0.1, 0.15) is 59.2 Å². The standard InChI is InChI=1S/C23H31N3O4/c1-17-4-2-5-19(14-17)23(27)26-10-3-6-20(15-26)22-24-21(25-30-22)9-13-29-16-18-7-11-28-12-8-18/h2,4-5,14,18,20H,3,6-13,15-16H2,1H3. The number of hydrogen-bond donors (Lipinski definition) is 0. The van der Waals surface area contributed by atoms with Crippen LogP contribution in [0.2, 0.25) is 0 Å². The molecule has 7 nitrogen and oxygen atoms in total. The maximum absolute atomic E-state index is 12.9. The van der Waals surface area contributed by atoms with Gasteiger partial charge in [-0.25, -0.2) is 0 Å². The predicted molar refractivity (Wildman–Crippen MR) is 111 cm³/mol. The van der Waals surface area contributed by atoms with Crippen LogP contribution in [0.4, 0.5) is 0 Å². The predicted octanol–water partition coefficient (Wildman–Crippen LogP) is 3.38. The van der Waals surface area contributed by atoms with Crippen molar-refractivity contribution in [1.82, 2.24) is 15.0 Å². The summed E-state index contributed by atoms with van der Waals surface area (Å²) in [6.07, 6.45) is 4.69. The SMILES string of the molecule is Cc1cccc(C(=O)N2CCCC(c3nc(CCOCC4CCOCC4)no3)C2)c1. The quantitative estimate of drug-likeness (QED) is 0.648. The lowest BCUT2D eigenvalue weighted by molar-refractivity contribution is 0.0211. The molecule has 30 heavy (non-hydrogen) atoms. The minimum Gasteiger partial charge on any atom is -0.381 e. The third kappa shape index (κ3) is 5.46. The van der Waals surface area contributed by atoms with Crippen LogP contribution < -0.4 is 0 Å². The zero-order chi connectivity index (χ0) is 20.8. The normalized spacial score (nSPS) is 20.4. The average molecular weight is 414 g/mol. The van der Waals surface area contributed by atoms with Crippen molar-refractivity contribution in [2.75, 3.05) is 39.5 Å². The van der Waals surface area contributed by atoms with Gasteiger partial charge in [0, 0.05) is 44.9 Å². The Kier molecular flexibility index (Phi) is 7.12. The van der Waals surface area contributed by atoms with E-state index in [4.69, 9.17) is 14.0 Å². The summed E-state index contributed by atoms with van der Waals surface area (Å²) in [4.78, 5) is 19.4. The molecule has 7 heteroatoms. The highest BCUT2D eigenvalue weighted by atomic mass is 16.5. The molecule has 1 atom stereocenters. The maximum atomic E-state index is 12.9. The third-order valence-electron chi connectivity index (χ3n) is 5.97.